The Morgan fingerprint density at radius 1 is 1.17 bits per heavy atom. The molecule has 4 rings (SSSR count). The maximum Gasteiger partial charge on any atom is 0.335 e. The largest absolute Gasteiger partial charge is 0.497 e. The Balaban J connectivity index is 1.81. The van der Waals surface area contributed by atoms with E-state index in [0.717, 1.165) is 10.3 Å². The molecule has 4 aromatic rings. The van der Waals surface area contributed by atoms with Gasteiger partial charge in [0, 0.05) is 40.0 Å². The van der Waals surface area contributed by atoms with Gasteiger partial charge in [0.15, 0.2) is 0 Å². The van der Waals surface area contributed by atoms with Gasteiger partial charge in [-0.1, -0.05) is 6.07 Å². The van der Waals surface area contributed by atoms with Gasteiger partial charge < -0.3 is 9.84 Å². The highest BCUT2D eigenvalue weighted by atomic mass is 32.2. The van der Waals surface area contributed by atoms with E-state index in [9.17, 15) is 14.3 Å². The van der Waals surface area contributed by atoms with Crippen molar-refractivity contribution in [1.29, 1.82) is 0 Å². The fourth-order valence-electron chi connectivity index (χ4n) is 3.09. The Hall–Kier alpha value is -3.39. The topological polar surface area (TPSA) is 77.2 Å². The first-order valence-corrected chi connectivity index (χ1v) is 9.83. The van der Waals surface area contributed by atoms with Crippen molar-refractivity contribution < 1.29 is 19.0 Å². The number of carboxylic acids is 1. The molecule has 29 heavy (non-hydrogen) atoms. The van der Waals surface area contributed by atoms with Crippen molar-refractivity contribution in [3.63, 3.8) is 0 Å². The molecule has 0 aliphatic carbocycles. The number of hydrogen-bond acceptors (Lipinski definition) is 5. The van der Waals surface area contributed by atoms with Crippen LogP contribution in [0.25, 0.3) is 28.0 Å². The molecule has 0 amide bonds. The zero-order chi connectivity index (χ0) is 20.5. The van der Waals surface area contributed by atoms with E-state index < -0.39 is 11.8 Å². The van der Waals surface area contributed by atoms with E-state index in [-0.39, 0.29) is 5.56 Å². The summed E-state index contributed by atoms with van der Waals surface area (Å²) in [6, 6.07) is 9.41. The number of rotatable bonds is 5. The summed E-state index contributed by atoms with van der Waals surface area (Å²) in [5.41, 5.74) is 1.72. The van der Waals surface area contributed by atoms with Crippen LogP contribution < -0.4 is 4.74 Å². The fraction of sp³-hybridized carbons (Fsp3) is 0.0952. The first kappa shape index (κ1) is 18.9. The molecule has 0 saturated heterocycles. The van der Waals surface area contributed by atoms with E-state index in [0.29, 0.717) is 28.3 Å². The lowest BCUT2D eigenvalue weighted by atomic mass is 10.1. The number of aromatic nitrogens is 3. The lowest BCUT2D eigenvalue weighted by Crippen LogP contribution is -2.01. The van der Waals surface area contributed by atoms with E-state index in [1.807, 2.05) is 12.5 Å². The summed E-state index contributed by atoms with van der Waals surface area (Å²) in [7, 11) is 1.52. The zero-order valence-corrected chi connectivity index (χ0v) is 16.4. The highest BCUT2D eigenvalue weighted by molar-refractivity contribution is 7.98. The Morgan fingerprint density at radius 2 is 1.93 bits per heavy atom. The van der Waals surface area contributed by atoms with Gasteiger partial charge in [-0.15, -0.1) is 11.8 Å². The van der Waals surface area contributed by atoms with Crippen LogP contribution in [-0.4, -0.2) is 39.0 Å². The quantitative estimate of drug-likeness (QED) is 0.483. The molecule has 0 fully saturated rings. The van der Waals surface area contributed by atoms with E-state index in [2.05, 4.69) is 9.97 Å². The molecule has 2 aromatic carbocycles. The average Bonchev–Trinajstić information content (AvgIpc) is 3.12. The zero-order valence-electron chi connectivity index (χ0n) is 15.6. The van der Waals surface area contributed by atoms with Crippen LogP contribution in [0.1, 0.15) is 10.4 Å². The Morgan fingerprint density at radius 3 is 2.59 bits per heavy atom. The van der Waals surface area contributed by atoms with Gasteiger partial charge in [-0.25, -0.2) is 19.2 Å². The summed E-state index contributed by atoms with van der Waals surface area (Å²) in [5, 5.41) is 10.2. The molecule has 0 atom stereocenters. The van der Waals surface area contributed by atoms with Crippen molar-refractivity contribution in [3.8, 4) is 22.8 Å². The van der Waals surface area contributed by atoms with Crippen LogP contribution in [-0.2, 0) is 0 Å². The summed E-state index contributed by atoms with van der Waals surface area (Å²) < 4.78 is 21.1. The van der Waals surface area contributed by atoms with Gasteiger partial charge in [0.05, 0.1) is 18.2 Å². The van der Waals surface area contributed by atoms with E-state index >= 15 is 0 Å². The summed E-state index contributed by atoms with van der Waals surface area (Å²) in [5.74, 6) is -0.503. The minimum absolute atomic E-state index is 0.180. The number of fused-ring (bicyclic) bond motifs is 1. The number of thioether (sulfide) groups is 1. The van der Waals surface area contributed by atoms with Crippen LogP contribution in [0.5, 0.6) is 5.75 Å². The van der Waals surface area contributed by atoms with Crippen molar-refractivity contribution in [2.24, 2.45) is 0 Å². The van der Waals surface area contributed by atoms with Gasteiger partial charge in [-0.2, -0.15) is 0 Å². The SMILES string of the molecule is COc1ccc(F)c(-c2cnc(-n3cc(SC)c4ccc(C(=O)O)cc43)nc2)c1. The number of carbonyl (C=O) groups is 1. The highest BCUT2D eigenvalue weighted by Gasteiger charge is 2.15. The molecule has 0 unspecified atom stereocenters. The van der Waals surface area contributed by atoms with Gasteiger partial charge in [-0.3, -0.25) is 4.57 Å². The Labute approximate surface area is 170 Å². The van der Waals surface area contributed by atoms with Crippen LogP contribution in [0.2, 0.25) is 0 Å². The molecule has 8 heteroatoms. The normalized spacial score (nSPS) is 11.0. The second-order valence-corrected chi connectivity index (χ2v) is 7.07. The second kappa shape index (κ2) is 7.56. The molecule has 1 N–H and O–H groups in total. The van der Waals surface area contributed by atoms with Gasteiger partial charge in [0.25, 0.3) is 0 Å². The summed E-state index contributed by atoms with van der Waals surface area (Å²) in [6.07, 6.45) is 6.87. The van der Waals surface area contributed by atoms with Crippen molar-refractivity contribution in [3.05, 3.63) is 66.4 Å². The predicted molar refractivity (Wildman–Crippen MR) is 110 cm³/mol. The van der Waals surface area contributed by atoms with E-state index in [1.54, 1.807) is 46.7 Å². The summed E-state index contributed by atoms with van der Waals surface area (Å²) in [4.78, 5) is 21.1. The van der Waals surface area contributed by atoms with Crippen LogP contribution in [0.3, 0.4) is 0 Å². The Kier molecular flexibility index (Phi) is 4.94. The highest BCUT2D eigenvalue weighted by Crippen LogP contribution is 2.31. The van der Waals surface area contributed by atoms with E-state index in [4.69, 9.17) is 4.74 Å². The van der Waals surface area contributed by atoms with E-state index in [1.165, 1.54) is 25.6 Å². The monoisotopic (exact) mass is 409 g/mol. The number of halogens is 1. The molecular formula is C21H16FN3O3S. The van der Waals surface area contributed by atoms with Gasteiger partial charge in [-0.05, 0) is 36.6 Å². The van der Waals surface area contributed by atoms with Crippen molar-refractivity contribution in [1.82, 2.24) is 14.5 Å². The smallest absolute Gasteiger partial charge is 0.335 e. The summed E-state index contributed by atoms with van der Waals surface area (Å²) >= 11 is 1.55. The number of hydrogen-bond donors (Lipinski definition) is 1. The minimum Gasteiger partial charge on any atom is -0.497 e. The molecule has 2 aromatic heterocycles. The number of benzene rings is 2. The van der Waals surface area contributed by atoms with Crippen LogP contribution in [0, 0.1) is 5.82 Å². The van der Waals surface area contributed by atoms with Gasteiger partial charge in [0.2, 0.25) is 5.95 Å². The summed E-state index contributed by atoms with van der Waals surface area (Å²) in [6.45, 7) is 0. The van der Waals surface area contributed by atoms with Gasteiger partial charge in [0.1, 0.15) is 11.6 Å². The molecule has 2 heterocycles. The maximum atomic E-state index is 14.2. The minimum atomic E-state index is -1.00. The maximum absolute atomic E-state index is 14.2. The molecule has 0 saturated carbocycles. The second-order valence-electron chi connectivity index (χ2n) is 6.22. The van der Waals surface area contributed by atoms with Crippen molar-refractivity contribution >= 4 is 28.6 Å². The van der Waals surface area contributed by atoms with Crippen LogP contribution >= 0.6 is 11.8 Å². The van der Waals surface area contributed by atoms with Crippen LogP contribution in [0.4, 0.5) is 4.39 Å². The molecular weight excluding hydrogens is 393 g/mol. The third kappa shape index (κ3) is 3.42. The number of carboxylic acid groups (broad SMARTS) is 1. The standard InChI is InChI=1S/C21H16FN3O3S/c1-28-14-4-6-17(22)16(8-14)13-9-23-21(24-10-13)25-11-19(29-2)15-5-3-12(20(26)27)7-18(15)25/h3-11H,1-2H3,(H,26,27). The number of methoxy groups -OCH3 is 1. The van der Waals surface area contributed by atoms with Crippen molar-refractivity contribution in [2.45, 2.75) is 4.90 Å². The molecule has 0 spiro atoms. The lowest BCUT2D eigenvalue weighted by Gasteiger charge is -2.08. The molecule has 0 radical (unpaired) electrons. The number of ether oxygens (including phenoxy) is 1. The number of aromatic carboxylic acids is 1. The molecule has 0 aliphatic heterocycles. The molecule has 0 aliphatic rings. The van der Waals surface area contributed by atoms with Gasteiger partial charge >= 0.3 is 5.97 Å². The fourth-order valence-corrected chi connectivity index (χ4v) is 3.70. The first-order chi connectivity index (χ1) is 14.0. The molecule has 146 valence electrons. The Bertz CT molecular complexity index is 1220. The van der Waals surface area contributed by atoms with Crippen molar-refractivity contribution in [2.75, 3.05) is 13.4 Å². The third-order valence-corrected chi connectivity index (χ3v) is 5.34. The molecule has 6 nitrogen and oxygen atoms in total. The third-order valence-electron chi connectivity index (χ3n) is 4.57. The predicted octanol–water partition coefficient (Wildman–Crippen LogP) is 4.66. The lowest BCUT2D eigenvalue weighted by molar-refractivity contribution is 0.0697. The van der Waals surface area contributed by atoms with Crippen LogP contribution in [0.15, 0.2) is 59.9 Å². The average molecular weight is 409 g/mol. The first-order valence-electron chi connectivity index (χ1n) is 8.60. The molecule has 0 bridgehead atoms. The number of nitrogens with zero attached hydrogens (tertiary/aromatic N) is 3.